The van der Waals surface area contributed by atoms with Crippen molar-refractivity contribution in [1.82, 2.24) is 4.98 Å². The van der Waals surface area contributed by atoms with Gasteiger partial charge >= 0.3 is 6.18 Å². The molecule has 0 atom stereocenters. The number of hydrogen-bond acceptors (Lipinski definition) is 5. The highest BCUT2D eigenvalue weighted by Crippen LogP contribution is 2.37. The van der Waals surface area contributed by atoms with Gasteiger partial charge in [0.05, 0.1) is 16.8 Å². The number of benzene rings is 2. The van der Waals surface area contributed by atoms with E-state index in [9.17, 15) is 18.0 Å². The van der Waals surface area contributed by atoms with Crippen LogP contribution in [0.5, 0.6) is 11.5 Å². The van der Waals surface area contributed by atoms with Crippen LogP contribution >= 0.6 is 11.8 Å². The maximum Gasteiger partial charge on any atom is 0.416 e. The monoisotopic (exact) mass is 420 g/mol. The normalized spacial score (nSPS) is 13.0. The fraction of sp³-hybridized carbons (Fsp3) is 0.200. The highest BCUT2D eigenvalue weighted by atomic mass is 32.2. The van der Waals surface area contributed by atoms with Gasteiger partial charge in [-0.05, 0) is 42.8 Å². The molecule has 2 aromatic carbocycles. The molecule has 150 valence electrons. The maximum atomic E-state index is 12.8. The number of fused-ring (bicyclic) bond motifs is 2. The molecule has 1 aliphatic heterocycles. The smallest absolute Gasteiger partial charge is 0.416 e. The van der Waals surface area contributed by atoms with Crippen LogP contribution in [0.25, 0.3) is 10.9 Å². The summed E-state index contributed by atoms with van der Waals surface area (Å²) in [5.41, 5.74) is 0.879. The minimum atomic E-state index is -4.46. The minimum absolute atomic E-state index is 0.0140. The van der Waals surface area contributed by atoms with Crippen molar-refractivity contribution in [2.45, 2.75) is 18.1 Å². The lowest BCUT2D eigenvalue weighted by Gasteiger charge is -2.10. The van der Waals surface area contributed by atoms with Gasteiger partial charge < -0.3 is 14.8 Å². The summed E-state index contributed by atoms with van der Waals surface area (Å²) < 4.78 is 49.1. The van der Waals surface area contributed by atoms with E-state index in [1.165, 1.54) is 23.9 Å². The SMILES string of the molecule is Cc1cc2cc3c(cc2nc1SCC(=O)Nc1cccc(C(F)(F)F)c1)OCO3. The largest absolute Gasteiger partial charge is 0.454 e. The number of nitrogens with zero attached hydrogens (tertiary/aromatic N) is 1. The van der Waals surface area contributed by atoms with Crippen LogP contribution in [0.1, 0.15) is 11.1 Å². The molecule has 0 aliphatic carbocycles. The van der Waals surface area contributed by atoms with Crippen molar-refractivity contribution in [3.8, 4) is 11.5 Å². The van der Waals surface area contributed by atoms with Crippen molar-refractivity contribution in [2.24, 2.45) is 0 Å². The molecule has 9 heteroatoms. The molecule has 0 radical (unpaired) electrons. The van der Waals surface area contributed by atoms with Crippen molar-refractivity contribution >= 4 is 34.3 Å². The van der Waals surface area contributed by atoms with E-state index in [0.717, 1.165) is 23.1 Å². The van der Waals surface area contributed by atoms with Gasteiger partial charge in [0, 0.05) is 17.1 Å². The van der Waals surface area contributed by atoms with E-state index in [1.54, 1.807) is 6.07 Å². The Labute approximate surface area is 168 Å². The average Bonchev–Trinajstić information content (AvgIpc) is 3.11. The summed E-state index contributed by atoms with van der Waals surface area (Å²) in [5, 5.41) is 4.05. The number of carbonyl (C=O) groups is 1. The number of amides is 1. The number of anilines is 1. The van der Waals surface area contributed by atoms with Crippen molar-refractivity contribution in [3.05, 3.63) is 53.6 Å². The third-order valence-electron chi connectivity index (χ3n) is 4.27. The molecule has 29 heavy (non-hydrogen) atoms. The fourth-order valence-electron chi connectivity index (χ4n) is 2.90. The Morgan fingerprint density at radius 2 is 1.93 bits per heavy atom. The van der Waals surface area contributed by atoms with Gasteiger partial charge in [-0.2, -0.15) is 13.2 Å². The zero-order chi connectivity index (χ0) is 20.6. The summed E-state index contributed by atoms with van der Waals surface area (Å²) in [6.07, 6.45) is -4.46. The zero-order valence-corrected chi connectivity index (χ0v) is 16.0. The first-order chi connectivity index (χ1) is 13.8. The molecule has 5 nitrogen and oxygen atoms in total. The second-order valence-electron chi connectivity index (χ2n) is 6.42. The molecule has 1 amide bonds. The first-order valence-electron chi connectivity index (χ1n) is 8.60. The second kappa shape index (κ2) is 7.47. The highest BCUT2D eigenvalue weighted by Gasteiger charge is 2.30. The highest BCUT2D eigenvalue weighted by molar-refractivity contribution is 8.00. The Hall–Kier alpha value is -2.94. The topological polar surface area (TPSA) is 60.5 Å². The van der Waals surface area contributed by atoms with Crippen LogP contribution in [-0.4, -0.2) is 23.4 Å². The van der Waals surface area contributed by atoms with E-state index in [1.807, 2.05) is 19.1 Å². The lowest BCUT2D eigenvalue weighted by molar-refractivity contribution is -0.137. The van der Waals surface area contributed by atoms with E-state index in [0.29, 0.717) is 22.0 Å². The van der Waals surface area contributed by atoms with Crippen molar-refractivity contribution < 1.29 is 27.4 Å². The zero-order valence-electron chi connectivity index (χ0n) is 15.2. The van der Waals surface area contributed by atoms with Crippen LogP contribution < -0.4 is 14.8 Å². The number of hydrogen-bond donors (Lipinski definition) is 1. The van der Waals surface area contributed by atoms with Crippen LogP contribution in [0, 0.1) is 6.92 Å². The van der Waals surface area contributed by atoms with Crippen LogP contribution in [0.3, 0.4) is 0 Å². The molecule has 1 N–H and O–H groups in total. The number of aryl methyl sites for hydroxylation is 1. The molecule has 0 unspecified atom stereocenters. The molecule has 1 aliphatic rings. The Morgan fingerprint density at radius 3 is 2.69 bits per heavy atom. The number of nitrogens with one attached hydrogen (secondary N) is 1. The molecule has 0 fully saturated rings. The summed E-state index contributed by atoms with van der Waals surface area (Å²) in [6.45, 7) is 2.05. The Kier molecular flexibility index (Phi) is 4.99. The van der Waals surface area contributed by atoms with Crippen molar-refractivity contribution in [3.63, 3.8) is 0 Å². The molecular formula is C20H15F3N2O3S. The van der Waals surface area contributed by atoms with E-state index in [2.05, 4.69) is 10.3 Å². The van der Waals surface area contributed by atoms with Crippen LogP contribution in [-0.2, 0) is 11.0 Å². The summed E-state index contributed by atoms with van der Waals surface area (Å²) in [7, 11) is 0. The maximum absolute atomic E-state index is 12.8. The molecule has 3 aromatic rings. The number of aromatic nitrogens is 1. The third-order valence-corrected chi connectivity index (χ3v) is 5.36. The quantitative estimate of drug-likeness (QED) is 0.601. The van der Waals surface area contributed by atoms with Gasteiger partial charge in [0.25, 0.3) is 0 Å². The average molecular weight is 420 g/mol. The fourth-order valence-corrected chi connectivity index (χ4v) is 3.69. The van der Waals surface area contributed by atoms with Gasteiger partial charge in [-0.15, -0.1) is 0 Å². The number of carbonyl (C=O) groups excluding carboxylic acids is 1. The standard InChI is InChI=1S/C20H15F3N2O3S/c1-11-5-12-6-16-17(28-10-27-16)8-15(12)25-19(11)29-9-18(26)24-14-4-2-3-13(7-14)20(21,22)23/h2-8H,9-10H2,1H3,(H,24,26). The van der Waals surface area contributed by atoms with Crippen LogP contribution in [0.15, 0.2) is 47.5 Å². The first-order valence-corrected chi connectivity index (χ1v) is 9.59. The lowest BCUT2D eigenvalue weighted by atomic mass is 10.1. The molecule has 0 bridgehead atoms. The summed E-state index contributed by atoms with van der Waals surface area (Å²) in [5.74, 6) is 0.883. The predicted molar refractivity (Wildman–Crippen MR) is 103 cm³/mol. The minimum Gasteiger partial charge on any atom is -0.454 e. The molecule has 0 saturated carbocycles. The van der Waals surface area contributed by atoms with Crippen LogP contribution in [0.4, 0.5) is 18.9 Å². The number of halogens is 3. The lowest BCUT2D eigenvalue weighted by Crippen LogP contribution is -2.15. The number of pyridine rings is 1. The van der Waals surface area contributed by atoms with Gasteiger partial charge in [0.15, 0.2) is 11.5 Å². The molecule has 1 aromatic heterocycles. The van der Waals surface area contributed by atoms with Gasteiger partial charge in [-0.25, -0.2) is 4.98 Å². The van der Waals surface area contributed by atoms with E-state index < -0.39 is 17.6 Å². The Morgan fingerprint density at radius 1 is 1.17 bits per heavy atom. The summed E-state index contributed by atoms with van der Waals surface area (Å²) >= 11 is 1.21. The first kappa shape index (κ1) is 19.4. The number of alkyl halides is 3. The van der Waals surface area contributed by atoms with E-state index >= 15 is 0 Å². The predicted octanol–water partition coefficient (Wildman–Crippen LogP) is 5.02. The van der Waals surface area contributed by atoms with Crippen molar-refractivity contribution in [2.75, 3.05) is 17.9 Å². The molecule has 0 spiro atoms. The number of thioether (sulfide) groups is 1. The summed E-state index contributed by atoms with van der Waals surface area (Å²) in [6, 6.07) is 10.1. The van der Waals surface area contributed by atoms with Crippen molar-refractivity contribution in [1.29, 1.82) is 0 Å². The number of rotatable bonds is 4. The third kappa shape index (κ3) is 4.24. The van der Waals surface area contributed by atoms with Gasteiger partial charge in [-0.3, -0.25) is 4.79 Å². The summed E-state index contributed by atoms with van der Waals surface area (Å²) in [4.78, 5) is 16.8. The molecule has 4 rings (SSSR count). The Bertz CT molecular complexity index is 1100. The van der Waals surface area contributed by atoms with Gasteiger partial charge in [-0.1, -0.05) is 17.8 Å². The van der Waals surface area contributed by atoms with Gasteiger partial charge in [0.1, 0.15) is 5.03 Å². The second-order valence-corrected chi connectivity index (χ2v) is 7.39. The van der Waals surface area contributed by atoms with Gasteiger partial charge in [0.2, 0.25) is 12.7 Å². The number of ether oxygens (including phenoxy) is 2. The van der Waals surface area contributed by atoms with Crippen LogP contribution in [0.2, 0.25) is 0 Å². The Balaban J connectivity index is 1.46. The molecular weight excluding hydrogens is 405 g/mol. The van der Waals surface area contributed by atoms with E-state index in [-0.39, 0.29) is 18.2 Å². The molecule has 2 heterocycles. The van der Waals surface area contributed by atoms with E-state index in [4.69, 9.17) is 9.47 Å². The molecule has 0 saturated heterocycles.